The quantitative estimate of drug-likeness (QED) is 0.873. The summed E-state index contributed by atoms with van der Waals surface area (Å²) in [6, 6.07) is 6.22. The van der Waals surface area contributed by atoms with Crippen molar-refractivity contribution in [3.63, 3.8) is 0 Å². The zero-order valence-corrected chi connectivity index (χ0v) is 13.9. The van der Waals surface area contributed by atoms with E-state index >= 15 is 0 Å². The smallest absolute Gasteiger partial charge is 0.366 e. The first-order valence-corrected chi connectivity index (χ1v) is 8.24. The van der Waals surface area contributed by atoms with Crippen LogP contribution in [-0.2, 0) is 30.4 Å². The number of aromatic nitrogens is 1. The van der Waals surface area contributed by atoms with Gasteiger partial charge in [0.25, 0.3) is 5.91 Å². The Morgan fingerprint density at radius 1 is 1.15 bits per heavy atom. The summed E-state index contributed by atoms with van der Waals surface area (Å²) in [7, 11) is 0. The zero-order valence-electron chi connectivity index (χ0n) is 13.9. The Bertz CT molecular complexity index is 856. The normalized spacial score (nSPS) is 14.0. The van der Waals surface area contributed by atoms with Gasteiger partial charge in [-0.05, 0) is 43.4 Å². The number of carbonyl (C=O) groups is 2. The fourth-order valence-corrected chi connectivity index (χ4v) is 3.34. The van der Waals surface area contributed by atoms with Crippen molar-refractivity contribution < 1.29 is 22.8 Å². The summed E-state index contributed by atoms with van der Waals surface area (Å²) in [6.07, 6.45) is -1.06. The number of hydrogen-bond acceptors (Lipinski definition) is 2. The number of primary amides is 1. The lowest BCUT2D eigenvalue weighted by Gasteiger charge is -2.17. The Kier molecular flexibility index (Phi) is 4.76. The first-order chi connectivity index (χ1) is 12.3. The number of nitrogens with one attached hydrogen (secondary N) is 1. The van der Waals surface area contributed by atoms with Crippen LogP contribution in [0.3, 0.4) is 0 Å². The second kappa shape index (κ2) is 6.86. The minimum atomic E-state index is -4.44. The van der Waals surface area contributed by atoms with Crippen LogP contribution in [0.15, 0.2) is 30.5 Å². The van der Waals surface area contributed by atoms with Crippen molar-refractivity contribution in [2.75, 3.05) is 5.32 Å². The summed E-state index contributed by atoms with van der Waals surface area (Å²) in [5.41, 5.74) is 5.82. The van der Waals surface area contributed by atoms with Crippen LogP contribution in [0.2, 0.25) is 0 Å². The van der Waals surface area contributed by atoms with E-state index in [0.29, 0.717) is 25.0 Å². The molecule has 3 N–H and O–H groups in total. The summed E-state index contributed by atoms with van der Waals surface area (Å²) in [6.45, 7) is -0.258. The highest BCUT2D eigenvalue weighted by Gasteiger charge is 2.37. The Balaban J connectivity index is 1.85. The molecule has 1 aliphatic rings. The van der Waals surface area contributed by atoms with Gasteiger partial charge in [-0.25, -0.2) is 0 Å². The molecule has 2 aromatic rings. The molecule has 138 valence electrons. The van der Waals surface area contributed by atoms with Gasteiger partial charge in [-0.15, -0.1) is 0 Å². The van der Waals surface area contributed by atoms with Gasteiger partial charge >= 0.3 is 6.18 Å². The molecule has 8 heteroatoms. The van der Waals surface area contributed by atoms with Crippen LogP contribution >= 0.6 is 0 Å². The Hall–Kier alpha value is -2.77. The third-order valence-electron chi connectivity index (χ3n) is 4.48. The lowest BCUT2D eigenvalue weighted by atomic mass is 9.95. The number of nitrogens with zero attached hydrogens (tertiary/aromatic N) is 1. The molecule has 0 spiro atoms. The van der Waals surface area contributed by atoms with Crippen LogP contribution in [0, 0.1) is 0 Å². The van der Waals surface area contributed by atoms with Crippen molar-refractivity contribution in [2.45, 2.75) is 38.4 Å². The van der Waals surface area contributed by atoms with Crippen molar-refractivity contribution in [1.29, 1.82) is 0 Å². The standard InChI is InChI=1S/C18H18F3N3O2/c19-18(20,21)13-9-24(15-8-4-2-5-11(13)15)10-16(25)23-14-7-3-1-6-12(14)17(22)26/h1,3,6-7,9H,2,4-5,8,10H2,(H2,22,26)(H,23,25). The van der Waals surface area contributed by atoms with Crippen LogP contribution in [0.5, 0.6) is 0 Å². The number of carbonyl (C=O) groups excluding carboxylic acids is 2. The van der Waals surface area contributed by atoms with Crippen LogP contribution in [0.1, 0.15) is 40.0 Å². The molecule has 0 radical (unpaired) electrons. The predicted octanol–water partition coefficient (Wildman–Crippen LogP) is 3.12. The molecule has 0 saturated carbocycles. The molecule has 5 nitrogen and oxygen atoms in total. The second-order valence-electron chi connectivity index (χ2n) is 6.26. The van der Waals surface area contributed by atoms with Crippen LogP contribution in [-0.4, -0.2) is 16.4 Å². The van der Waals surface area contributed by atoms with Gasteiger partial charge in [0.2, 0.25) is 5.91 Å². The molecule has 0 fully saturated rings. The molecule has 2 amide bonds. The maximum atomic E-state index is 13.2. The lowest BCUT2D eigenvalue weighted by Crippen LogP contribution is -2.22. The lowest BCUT2D eigenvalue weighted by molar-refractivity contribution is -0.138. The average Bonchev–Trinajstić information content (AvgIpc) is 2.94. The van der Waals surface area contributed by atoms with E-state index in [1.54, 1.807) is 12.1 Å². The van der Waals surface area contributed by atoms with Gasteiger partial charge < -0.3 is 15.6 Å². The second-order valence-corrected chi connectivity index (χ2v) is 6.26. The molecular weight excluding hydrogens is 347 g/mol. The van der Waals surface area contributed by atoms with Crippen molar-refractivity contribution in [3.05, 3.63) is 52.8 Å². The minimum Gasteiger partial charge on any atom is -0.366 e. The number of anilines is 1. The van der Waals surface area contributed by atoms with Crippen molar-refractivity contribution in [1.82, 2.24) is 4.57 Å². The third-order valence-corrected chi connectivity index (χ3v) is 4.48. The van der Waals surface area contributed by atoms with E-state index in [0.717, 1.165) is 12.6 Å². The number of para-hydroxylation sites is 1. The Morgan fingerprint density at radius 2 is 1.85 bits per heavy atom. The number of rotatable bonds is 4. The molecule has 0 saturated heterocycles. The SMILES string of the molecule is NC(=O)c1ccccc1NC(=O)Cn1cc(C(F)(F)F)c2c1CCCC2. The molecule has 3 rings (SSSR count). The van der Waals surface area contributed by atoms with Crippen molar-refractivity contribution >= 4 is 17.5 Å². The molecule has 1 aromatic carbocycles. The number of halogens is 3. The third kappa shape index (κ3) is 3.58. The van der Waals surface area contributed by atoms with E-state index in [9.17, 15) is 22.8 Å². The van der Waals surface area contributed by atoms with Gasteiger partial charge in [-0.1, -0.05) is 12.1 Å². The largest absolute Gasteiger partial charge is 0.418 e. The molecule has 0 aliphatic heterocycles. The first-order valence-electron chi connectivity index (χ1n) is 8.24. The van der Waals surface area contributed by atoms with Gasteiger partial charge in [0.05, 0.1) is 16.8 Å². The number of nitrogens with two attached hydrogens (primary N) is 1. The maximum absolute atomic E-state index is 13.2. The highest BCUT2D eigenvalue weighted by molar-refractivity contribution is 6.02. The van der Waals surface area contributed by atoms with Crippen LogP contribution in [0.4, 0.5) is 18.9 Å². The van der Waals surface area contributed by atoms with Crippen molar-refractivity contribution in [3.8, 4) is 0 Å². The topological polar surface area (TPSA) is 77.1 Å². The fraction of sp³-hybridized carbons (Fsp3) is 0.333. The highest BCUT2D eigenvalue weighted by Crippen LogP contribution is 2.37. The Labute approximate surface area is 148 Å². The molecule has 1 aromatic heterocycles. The molecule has 1 heterocycles. The molecular formula is C18H18F3N3O2. The molecule has 1 aliphatic carbocycles. The van der Waals surface area contributed by atoms with Gasteiger partial charge in [-0.2, -0.15) is 13.2 Å². The molecule has 0 unspecified atom stereocenters. The van der Waals surface area contributed by atoms with E-state index < -0.39 is 23.6 Å². The monoisotopic (exact) mass is 365 g/mol. The molecule has 0 atom stereocenters. The van der Waals surface area contributed by atoms with Crippen LogP contribution < -0.4 is 11.1 Å². The maximum Gasteiger partial charge on any atom is 0.418 e. The average molecular weight is 365 g/mol. The number of alkyl halides is 3. The van der Waals surface area contributed by atoms with E-state index in [1.807, 2.05) is 0 Å². The molecule has 26 heavy (non-hydrogen) atoms. The van der Waals surface area contributed by atoms with Crippen LogP contribution in [0.25, 0.3) is 0 Å². The minimum absolute atomic E-state index is 0.145. The summed E-state index contributed by atoms with van der Waals surface area (Å²) in [5, 5.41) is 2.55. The van der Waals surface area contributed by atoms with Gasteiger partial charge in [0.1, 0.15) is 6.54 Å². The van der Waals surface area contributed by atoms with E-state index in [2.05, 4.69) is 5.32 Å². The number of amides is 2. The summed E-state index contributed by atoms with van der Waals surface area (Å²) in [5.74, 6) is -1.21. The zero-order chi connectivity index (χ0) is 18.9. The molecule has 0 bridgehead atoms. The number of fused-ring (bicyclic) bond motifs is 1. The van der Waals surface area contributed by atoms with Gasteiger partial charge in [0, 0.05) is 11.9 Å². The predicted molar refractivity (Wildman–Crippen MR) is 89.7 cm³/mol. The van der Waals surface area contributed by atoms with E-state index in [1.165, 1.54) is 16.7 Å². The highest BCUT2D eigenvalue weighted by atomic mass is 19.4. The summed E-state index contributed by atoms with van der Waals surface area (Å²) in [4.78, 5) is 23.7. The fourth-order valence-electron chi connectivity index (χ4n) is 3.34. The number of hydrogen-bond donors (Lipinski definition) is 2. The number of benzene rings is 1. The van der Waals surface area contributed by atoms with E-state index in [4.69, 9.17) is 5.73 Å². The van der Waals surface area contributed by atoms with Gasteiger partial charge in [-0.3, -0.25) is 9.59 Å². The Morgan fingerprint density at radius 3 is 2.54 bits per heavy atom. The van der Waals surface area contributed by atoms with Gasteiger partial charge in [0.15, 0.2) is 0 Å². The summed E-state index contributed by atoms with van der Waals surface area (Å²) < 4.78 is 41.1. The van der Waals surface area contributed by atoms with E-state index in [-0.39, 0.29) is 23.4 Å². The first kappa shape index (κ1) is 18.0. The van der Waals surface area contributed by atoms with Crippen molar-refractivity contribution in [2.24, 2.45) is 5.73 Å². The summed E-state index contributed by atoms with van der Waals surface area (Å²) >= 11 is 0.